The molecule has 4 N–H and O–H groups in total. The number of nitrogens with one attached hydrogen (secondary N) is 4. The van der Waals surface area contributed by atoms with Crippen molar-refractivity contribution in [3.8, 4) is 17.2 Å². The largest absolute Gasteiger partial charge is 0.493 e. The molecule has 0 saturated carbocycles. The average molecular weight is 525 g/mol. The molecule has 2 heterocycles. The molecule has 202 valence electrons. The second-order valence-corrected chi connectivity index (χ2v) is 9.03. The molecule has 2 atom stereocenters. The van der Waals surface area contributed by atoms with Crippen molar-refractivity contribution in [1.82, 2.24) is 21.3 Å². The summed E-state index contributed by atoms with van der Waals surface area (Å²) in [5.74, 6) is -0.271. The van der Waals surface area contributed by atoms with Crippen LogP contribution >= 0.6 is 0 Å². The van der Waals surface area contributed by atoms with Crippen molar-refractivity contribution in [3.05, 3.63) is 53.6 Å². The van der Waals surface area contributed by atoms with Crippen LogP contribution in [0.4, 0.5) is 0 Å². The van der Waals surface area contributed by atoms with E-state index in [0.29, 0.717) is 49.8 Å². The number of carbonyl (C=O) groups is 4. The normalized spacial score (nSPS) is 20.3. The van der Waals surface area contributed by atoms with Gasteiger partial charge in [0.25, 0.3) is 5.91 Å². The maximum absolute atomic E-state index is 13.1. The lowest BCUT2D eigenvalue weighted by molar-refractivity contribution is -0.130. The predicted molar refractivity (Wildman–Crippen MR) is 137 cm³/mol. The highest BCUT2D eigenvalue weighted by atomic mass is 16.6. The maximum Gasteiger partial charge on any atom is 0.255 e. The molecule has 38 heavy (non-hydrogen) atoms. The summed E-state index contributed by atoms with van der Waals surface area (Å²) < 4.78 is 16.9. The average Bonchev–Trinajstić information content (AvgIpc) is 2.92. The Hall–Kier alpha value is -4.28. The van der Waals surface area contributed by atoms with Gasteiger partial charge in [0.15, 0.2) is 11.5 Å². The highest BCUT2D eigenvalue weighted by molar-refractivity contribution is 6.01. The van der Waals surface area contributed by atoms with Gasteiger partial charge in [-0.05, 0) is 49.6 Å². The number of fused-ring (bicyclic) bond motifs is 2. The van der Waals surface area contributed by atoms with Gasteiger partial charge in [0.05, 0.1) is 18.6 Å². The molecule has 0 fully saturated rings. The van der Waals surface area contributed by atoms with Crippen LogP contribution in [-0.2, 0) is 20.8 Å². The lowest BCUT2D eigenvalue weighted by Gasteiger charge is -2.21. The Morgan fingerprint density at radius 3 is 2.55 bits per heavy atom. The molecule has 0 unspecified atom stereocenters. The Morgan fingerprint density at radius 1 is 0.947 bits per heavy atom. The first-order valence-corrected chi connectivity index (χ1v) is 12.7. The van der Waals surface area contributed by atoms with E-state index in [1.807, 2.05) is 18.2 Å². The molecule has 0 radical (unpaired) electrons. The predicted octanol–water partition coefficient (Wildman–Crippen LogP) is 0.709. The van der Waals surface area contributed by atoms with Gasteiger partial charge in [-0.3, -0.25) is 19.2 Å². The SMILES string of the molecule is C[C@@H]1NC(=O)C[C@@H](C(=O)NCCc2ccc3c(c2)OCCO3)NC(=O)c2ccccc2OCCCNC1=O. The zero-order chi connectivity index (χ0) is 26.9. The van der Waals surface area contributed by atoms with E-state index in [9.17, 15) is 19.2 Å². The van der Waals surface area contributed by atoms with Crippen molar-refractivity contribution < 1.29 is 33.4 Å². The second-order valence-electron chi connectivity index (χ2n) is 9.03. The third-order valence-electron chi connectivity index (χ3n) is 6.11. The number of carbonyl (C=O) groups excluding carboxylic acids is 4. The minimum Gasteiger partial charge on any atom is -0.493 e. The van der Waals surface area contributed by atoms with E-state index < -0.39 is 29.8 Å². The van der Waals surface area contributed by atoms with E-state index in [-0.39, 0.29) is 31.0 Å². The van der Waals surface area contributed by atoms with E-state index in [0.717, 1.165) is 5.56 Å². The van der Waals surface area contributed by atoms with Crippen LogP contribution in [0.1, 0.15) is 35.7 Å². The van der Waals surface area contributed by atoms with Gasteiger partial charge in [0.2, 0.25) is 17.7 Å². The first kappa shape index (κ1) is 26.8. The Morgan fingerprint density at radius 2 is 1.71 bits per heavy atom. The summed E-state index contributed by atoms with van der Waals surface area (Å²) in [6.45, 7) is 3.43. The fourth-order valence-corrected chi connectivity index (χ4v) is 4.09. The van der Waals surface area contributed by atoms with Crippen molar-refractivity contribution in [3.63, 3.8) is 0 Å². The van der Waals surface area contributed by atoms with Crippen LogP contribution in [0.5, 0.6) is 17.2 Å². The molecule has 2 aliphatic rings. The van der Waals surface area contributed by atoms with E-state index in [2.05, 4.69) is 21.3 Å². The number of para-hydroxylation sites is 1. The van der Waals surface area contributed by atoms with Gasteiger partial charge < -0.3 is 35.5 Å². The number of hydrogen-bond acceptors (Lipinski definition) is 7. The van der Waals surface area contributed by atoms with Crippen molar-refractivity contribution in [2.75, 3.05) is 32.9 Å². The Bertz CT molecular complexity index is 1190. The third kappa shape index (κ3) is 7.15. The monoisotopic (exact) mass is 524 g/mol. The fraction of sp³-hybridized carbons (Fsp3) is 0.407. The summed E-state index contributed by atoms with van der Waals surface area (Å²) >= 11 is 0. The smallest absolute Gasteiger partial charge is 0.255 e. The topological polar surface area (TPSA) is 144 Å². The number of amides is 4. The molecule has 0 bridgehead atoms. The van der Waals surface area contributed by atoms with Crippen LogP contribution in [0.3, 0.4) is 0 Å². The highest BCUT2D eigenvalue weighted by Gasteiger charge is 2.27. The Balaban J connectivity index is 1.45. The second kappa shape index (κ2) is 12.8. The van der Waals surface area contributed by atoms with Gasteiger partial charge >= 0.3 is 0 Å². The van der Waals surface area contributed by atoms with E-state index >= 15 is 0 Å². The standard InChI is InChI=1S/C27H32N4O7/c1-17-25(33)28-10-4-12-36-21-6-3-2-5-19(21)26(34)31-20(16-24(32)30-17)27(35)29-11-9-18-7-8-22-23(15-18)38-14-13-37-22/h2-3,5-8,15,17,20H,4,9-14,16H2,1H3,(H,28,33)(H,29,35)(H,30,32)(H,31,34)/t17-,20-/m0/s1. The molecule has 0 spiro atoms. The highest BCUT2D eigenvalue weighted by Crippen LogP contribution is 2.30. The number of rotatable bonds is 4. The van der Waals surface area contributed by atoms with Crippen LogP contribution in [0.2, 0.25) is 0 Å². The molecule has 0 aromatic heterocycles. The molecule has 2 aliphatic heterocycles. The van der Waals surface area contributed by atoms with Crippen LogP contribution in [0.15, 0.2) is 42.5 Å². The van der Waals surface area contributed by atoms with E-state index in [1.165, 1.54) is 0 Å². The maximum atomic E-state index is 13.1. The number of hydrogen-bond donors (Lipinski definition) is 4. The first-order chi connectivity index (χ1) is 18.4. The summed E-state index contributed by atoms with van der Waals surface area (Å²) in [5.41, 5.74) is 1.18. The quantitative estimate of drug-likeness (QED) is 0.461. The zero-order valence-electron chi connectivity index (χ0n) is 21.2. The molecule has 11 heteroatoms. The van der Waals surface area contributed by atoms with Crippen molar-refractivity contribution in [1.29, 1.82) is 0 Å². The van der Waals surface area contributed by atoms with Crippen LogP contribution in [0.25, 0.3) is 0 Å². The van der Waals surface area contributed by atoms with Crippen LogP contribution < -0.4 is 35.5 Å². The minimum atomic E-state index is -1.17. The van der Waals surface area contributed by atoms with Crippen LogP contribution in [0, 0.1) is 0 Å². The summed E-state index contributed by atoms with van der Waals surface area (Å²) in [6, 6.07) is 10.3. The van der Waals surface area contributed by atoms with Gasteiger partial charge in [0, 0.05) is 13.1 Å². The lowest BCUT2D eigenvalue weighted by atomic mass is 10.1. The first-order valence-electron chi connectivity index (χ1n) is 12.7. The molecule has 0 aliphatic carbocycles. The van der Waals surface area contributed by atoms with Crippen molar-refractivity contribution in [2.24, 2.45) is 0 Å². The third-order valence-corrected chi connectivity index (χ3v) is 6.11. The number of benzene rings is 2. The molecular formula is C27H32N4O7. The van der Waals surface area contributed by atoms with Gasteiger partial charge in [-0.25, -0.2) is 0 Å². The molecular weight excluding hydrogens is 492 g/mol. The summed E-state index contributed by atoms with van der Waals surface area (Å²) in [4.78, 5) is 51.2. The molecule has 4 amide bonds. The lowest BCUT2D eigenvalue weighted by Crippen LogP contribution is -2.51. The zero-order valence-corrected chi connectivity index (χ0v) is 21.2. The number of ether oxygens (including phenoxy) is 3. The van der Waals surface area contributed by atoms with E-state index in [4.69, 9.17) is 14.2 Å². The molecule has 2 aromatic rings. The van der Waals surface area contributed by atoms with Gasteiger partial charge in [0.1, 0.15) is 31.0 Å². The summed E-state index contributed by atoms with van der Waals surface area (Å²) in [6.07, 6.45) is 0.669. The van der Waals surface area contributed by atoms with Crippen molar-refractivity contribution >= 4 is 23.6 Å². The van der Waals surface area contributed by atoms with Gasteiger partial charge in [-0.1, -0.05) is 18.2 Å². The van der Waals surface area contributed by atoms with E-state index in [1.54, 1.807) is 31.2 Å². The minimum absolute atomic E-state index is 0.245. The summed E-state index contributed by atoms with van der Waals surface area (Å²) in [5, 5.41) is 10.8. The molecule has 2 aromatic carbocycles. The molecule has 4 rings (SSSR count). The van der Waals surface area contributed by atoms with Crippen molar-refractivity contribution in [2.45, 2.75) is 38.3 Å². The van der Waals surface area contributed by atoms with Gasteiger partial charge in [-0.15, -0.1) is 0 Å². The van der Waals surface area contributed by atoms with Crippen LogP contribution in [-0.4, -0.2) is 68.6 Å². The Labute approximate surface area is 220 Å². The fourth-order valence-electron chi connectivity index (χ4n) is 4.09. The van der Waals surface area contributed by atoms with Gasteiger partial charge in [-0.2, -0.15) is 0 Å². The molecule has 11 nitrogen and oxygen atoms in total. The molecule has 0 saturated heterocycles. The summed E-state index contributed by atoms with van der Waals surface area (Å²) in [7, 11) is 0. The Kier molecular flexibility index (Phi) is 9.02.